The van der Waals surface area contributed by atoms with Crippen LogP contribution in [-0.2, 0) is 11.2 Å². The summed E-state index contributed by atoms with van der Waals surface area (Å²) in [6.45, 7) is 3.44. The molecule has 0 aromatic heterocycles. The van der Waals surface area contributed by atoms with Crippen molar-refractivity contribution < 1.29 is 14.3 Å². The highest BCUT2D eigenvalue weighted by molar-refractivity contribution is 6.13. The summed E-state index contributed by atoms with van der Waals surface area (Å²) in [4.78, 5) is 11.1. The average Bonchev–Trinajstić information content (AvgIpc) is 2.83. The predicted octanol–water partition coefficient (Wildman–Crippen LogP) is 4.10. The summed E-state index contributed by atoms with van der Waals surface area (Å²) < 4.78 is 10.9. The second-order valence-electron chi connectivity index (χ2n) is 6.50. The van der Waals surface area contributed by atoms with Crippen molar-refractivity contribution in [3.8, 4) is 11.5 Å². The molecule has 144 valence electrons. The maximum atomic E-state index is 11.1. The number of carbonyl (C=O) groups excluding carboxylic acids is 1. The fourth-order valence-electron chi connectivity index (χ4n) is 2.99. The van der Waals surface area contributed by atoms with Crippen LogP contribution in [0.4, 0.5) is 5.69 Å². The number of nitrogens with zero attached hydrogens (tertiary/aromatic N) is 2. The zero-order valence-corrected chi connectivity index (χ0v) is 16.4. The Morgan fingerprint density at radius 3 is 2.36 bits per heavy atom. The number of fused-ring (bicyclic) bond motifs is 1. The number of allylic oxidation sites excluding steroid dienone is 1. The number of nitrogens with one attached hydrogen (secondary N) is 1. The Balaban J connectivity index is 1.93. The molecule has 1 amide bonds. The van der Waals surface area contributed by atoms with E-state index in [2.05, 4.69) is 15.5 Å². The SMILES string of the molecule is COc1cc2c(cc1OC)C(/C=C/c1ccc(NC(C)=O)cc1)=NN=C(C)C2. The molecule has 1 heterocycles. The normalized spacial score (nSPS) is 13.3. The van der Waals surface area contributed by atoms with Crippen LogP contribution in [0.1, 0.15) is 30.5 Å². The number of amides is 1. The maximum Gasteiger partial charge on any atom is 0.221 e. The molecule has 3 rings (SSSR count). The molecule has 6 nitrogen and oxygen atoms in total. The average molecular weight is 377 g/mol. The van der Waals surface area contributed by atoms with Crippen LogP contribution in [0.3, 0.4) is 0 Å². The predicted molar refractivity (Wildman–Crippen MR) is 113 cm³/mol. The van der Waals surface area contributed by atoms with E-state index in [1.54, 1.807) is 14.2 Å². The molecule has 2 aromatic carbocycles. The van der Waals surface area contributed by atoms with E-state index in [1.165, 1.54) is 6.92 Å². The quantitative estimate of drug-likeness (QED) is 0.853. The van der Waals surface area contributed by atoms with Gasteiger partial charge in [-0.15, -0.1) is 0 Å². The van der Waals surface area contributed by atoms with Gasteiger partial charge in [-0.25, -0.2) is 0 Å². The molecule has 28 heavy (non-hydrogen) atoms. The van der Waals surface area contributed by atoms with E-state index in [9.17, 15) is 4.79 Å². The van der Waals surface area contributed by atoms with Gasteiger partial charge in [0.25, 0.3) is 0 Å². The summed E-state index contributed by atoms with van der Waals surface area (Å²) in [6.07, 6.45) is 4.59. The monoisotopic (exact) mass is 377 g/mol. The summed E-state index contributed by atoms with van der Waals surface area (Å²) in [5.74, 6) is 1.25. The lowest BCUT2D eigenvalue weighted by molar-refractivity contribution is -0.114. The minimum atomic E-state index is -0.0923. The molecule has 0 spiro atoms. The first-order chi connectivity index (χ1) is 13.5. The molecule has 0 unspecified atom stereocenters. The van der Waals surface area contributed by atoms with Crippen LogP contribution in [0, 0.1) is 0 Å². The van der Waals surface area contributed by atoms with E-state index in [1.807, 2.05) is 55.5 Å². The number of methoxy groups -OCH3 is 2. The van der Waals surface area contributed by atoms with E-state index in [0.29, 0.717) is 17.9 Å². The number of hydrogen-bond donors (Lipinski definition) is 1. The van der Waals surface area contributed by atoms with Gasteiger partial charge >= 0.3 is 0 Å². The van der Waals surface area contributed by atoms with Crippen LogP contribution < -0.4 is 14.8 Å². The summed E-state index contributed by atoms with van der Waals surface area (Å²) in [7, 11) is 3.24. The largest absolute Gasteiger partial charge is 0.493 e. The van der Waals surface area contributed by atoms with Crippen LogP contribution in [0.5, 0.6) is 11.5 Å². The van der Waals surface area contributed by atoms with Gasteiger partial charge in [-0.2, -0.15) is 10.2 Å². The first-order valence-electron chi connectivity index (χ1n) is 8.92. The molecule has 0 fully saturated rings. The molecule has 1 N–H and O–H groups in total. The maximum absolute atomic E-state index is 11.1. The van der Waals surface area contributed by atoms with E-state index in [-0.39, 0.29) is 5.91 Å². The van der Waals surface area contributed by atoms with Gasteiger partial charge in [0.1, 0.15) is 0 Å². The Morgan fingerprint density at radius 2 is 1.71 bits per heavy atom. The van der Waals surface area contributed by atoms with Gasteiger partial charge in [-0.05, 0) is 48.4 Å². The van der Waals surface area contributed by atoms with Crippen LogP contribution in [0.15, 0.2) is 52.7 Å². The first kappa shape index (κ1) is 19.4. The second-order valence-corrected chi connectivity index (χ2v) is 6.50. The second kappa shape index (κ2) is 8.52. The third kappa shape index (κ3) is 4.46. The van der Waals surface area contributed by atoms with Crippen LogP contribution in [0.25, 0.3) is 6.08 Å². The molecule has 1 aliphatic rings. The van der Waals surface area contributed by atoms with Crippen molar-refractivity contribution in [1.29, 1.82) is 0 Å². The summed E-state index contributed by atoms with van der Waals surface area (Å²) in [5.41, 5.74) is 5.48. The Hall–Kier alpha value is -3.41. The van der Waals surface area contributed by atoms with Crippen molar-refractivity contribution in [2.75, 3.05) is 19.5 Å². The van der Waals surface area contributed by atoms with Crippen LogP contribution in [0.2, 0.25) is 0 Å². The Morgan fingerprint density at radius 1 is 1.04 bits per heavy atom. The molecule has 0 saturated heterocycles. The van der Waals surface area contributed by atoms with Crippen LogP contribution in [-0.4, -0.2) is 31.6 Å². The number of carbonyl (C=O) groups is 1. The van der Waals surface area contributed by atoms with Gasteiger partial charge in [0.2, 0.25) is 5.91 Å². The minimum Gasteiger partial charge on any atom is -0.493 e. The highest BCUT2D eigenvalue weighted by atomic mass is 16.5. The summed E-state index contributed by atoms with van der Waals surface area (Å²) in [5, 5.41) is 11.5. The standard InChI is InChI=1S/C22H23N3O3/c1-14-11-17-12-21(27-3)22(28-4)13-19(17)20(25-24-14)10-7-16-5-8-18(9-6-16)23-15(2)26/h5-10,12-13H,11H2,1-4H3,(H,23,26)/b10-7+. The third-order valence-electron chi connectivity index (χ3n) is 4.32. The Kier molecular flexibility index (Phi) is 5.89. The molecule has 0 atom stereocenters. The van der Waals surface area contributed by atoms with E-state index in [0.717, 1.165) is 33.8 Å². The number of hydrogen-bond acceptors (Lipinski definition) is 5. The highest BCUT2D eigenvalue weighted by Crippen LogP contribution is 2.32. The lowest BCUT2D eigenvalue weighted by Crippen LogP contribution is -2.05. The molecule has 0 radical (unpaired) electrons. The van der Waals surface area contributed by atoms with Gasteiger partial charge < -0.3 is 14.8 Å². The van der Waals surface area contributed by atoms with Gasteiger partial charge in [-0.3, -0.25) is 4.79 Å². The number of ether oxygens (including phenoxy) is 2. The van der Waals surface area contributed by atoms with Crippen molar-refractivity contribution in [3.63, 3.8) is 0 Å². The minimum absolute atomic E-state index is 0.0923. The molecule has 0 bridgehead atoms. The van der Waals surface area contributed by atoms with Crippen molar-refractivity contribution >= 4 is 29.1 Å². The van der Waals surface area contributed by atoms with Gasteiger partial charge in [-0.1, -0.05) is 18.2 Å². The number of benzene rings is 2. The topological polar surface area (TPSA) is 72.3 Å². The summed E-state index contributed by atoms with van der Waals surface area (Å²) >= 11 is 0. The Bertz CT molecular complexity index is 973. The molecular weight excluding hydrogens is 354 g/mol. The lowest BCUT2D eigenvalue weighted by Gasteiger charge is -2.13. The van der Waals surface area contributed by atoms with E-state index >= 15 is 0 Å². The van der Waals surface area contributed by atoms with Crippen molar-refractivity contribution in [2.45, 2.75) is 20.3 Å². The first-order valence-corrected chi connectivity index (χ1v) is 8.92. The van der Waals surface area contributed by atoms with Crippen molar-refractivity contribution in [2.24, 2.45) is 10.2 Å². The van der Waals surface area contributed by atoms with Gasteiger partial charge in [0, 0.05) is 30.3 Å². The van der Waals surface area contributed by atoms with Gasteiger partial charge in [0.15, 0.2) is 11.5 Å². The molecule has 0 saturated carbocycles. The third-order valence-corrected chi connectivity index (χ3v) is 4.32. The lowest BCUT2D eigenvalue weighted by atomic mass is 9.97. The zero-order valence-electron chi connectivity index (χ0n) is 16.4. The van der Waals surface area contributed by atoms with Crippen molar-refractivity contribution in [3.05, 3.63) is 59.2 Å². The summed E-state index contributed by atoms with van der Waals surface area (Å²) in [6, 6.07) is 11.5. The number of rotatable bonds is 5. The van der Waals surface area contributed by atoms with Crippen molar-refractivity contribution in [1.82, 2.24) is 0 Å². The number of anilines is 1. The molecule has 0 aliphatic carbocycles. The smallest absolute Gasteiger partial charge is 0.221 e. The van der Waals surface area contributed by atoms with Gasteiger partial charge in [0.05, 0.1) is 19.9 Å². The van der Waals surface area contributed by atoms with E-state index < -0.39 is 0 Å². The fourth-order valence-corrected chi connectivity index (χ4v) is 2.99. The highest BCUT2D eigenvalue weighted by Gasteiger charge is 2.17. The van der Waals surface area contributed by atoms with E-state index in [4.69, 9.17) is 9.47 Å². The van der Waals surface area contributed by atoms with Crippen LogP contribution >= 0.6 is 0 Å². The fraction of sp³-hybridized carbons (Fsp3) is 0.227. The molecular formula is C22H23N3O3. The zero-order chi connectivity index (χ0) is 20.1. The Labute approximate surface area is 164 Å². The molecule has 1 aliphatic heterocycles. The molecule has 2 aromatic rings. The molecule has 6 heteroatoms.